The normalized spacial score (nSPS) is 11.2. The topological polar surface area (TPSA) is 58.6 Å². The van der Waals surface area contributed by atoms with Crippen LogP contribution in [0.5, 0.6) is 5.75 Å². The lowest BCUT2D eigenvalue weighted by Gasteiger charge is -2.11. The number of carbonyl (C=O) groups is 1. The Labute approximate surface area is 134 Å². The minimum Gasteiger partial charge on any atom is -0.491 e. The minimum absolute atomic E-state index is 0.113. The van der Waals surface area contributed by atoms with Gasteiger partial charge in [0.05, 0.1) is 12.2 Å². The van der Waals surface area contributed by atoms with Crippen molar-refractivity contribution in [3.05, 3.63) is 59.4 Å². The van der Waals surface area contributed by atoms with Crippen LogP contribution in [-0.4, -0.2) is 24.2 Å². The molecule has 128 valence electrons. The van der Waals surface area contributed by atoms with E-state index in [1.807, 2.05) is 0 Å². The van der Waals surface area contributed by atoms with Gasteiger partial charge in [-0.2, -0.15) is 13.2 Å². The van der Waals surface area contributed by atoms with Gasteiger partial charge in [0.1, 0.15) is 18.2 Å². The molecule has 0 aliphatic rings. The molecule has 0 bridgehead atoms. The van der Waals surface area contributed by atoms with Crippen LogP contribution in [0.25, 0.3) is 0 Å². The summed E-state index contributed by atoms with van der Waals surface area (Å²) < 4.78 is 56.3. The number of anilines is 1. The molecule has 0 heterocycles. The van der Waals surface area contributed by atoms with Crippen molar-refractivity contribution < 1.29 is 32.2 Å². The maximum absolute atomic E-state index is 13.2. The maximum atomic E-state index is 13.2. The first kappa shape index (κ1) is 17.7. The van der Waals surface area contributed by atoms with E-state index < -0.39 is 23.5 Å². The van der Waals surface area contributed by atoms with Gasteiger partial charge in [0.15, 0.2) is 0 Å². The average Bonchev–Trinajstić information content (AvgIpc) is 2.53. The first-order chi connectivity index (χ1) is 11.3. The van der Waals surface area contributed by atoms with Crippen LogP contribution in [0.15, 0.2) is 42.5 Å². The quantitative estimate of drug-likeness (QED) is 0.818. The maximum Gasteiger partial charge on any atom is 0.419 e. The molecular formula is C16H13F4NO3. The van der Waals surface area contributed by atoms with Crippen molar-refractivity contribution in [3.8, 4) is 5.75 Å². The molecule has 2 aromatic carbocycles. The lowest BCUT2D eigenvalue weighted by molar-refractivity contribution is -0.140. The molecule has 1 amide bonds. The van der Waals surface area contributed by atoms with E-state index in [4.69, 9.17) is 9.84 Å². The van der Waals surface area contributed by atoms with Gasteiger partial charge < -0.3 is 15.2 Å². The molecule has 0 aliphatic heterocycles. The van der Waals surface area contributed by atoms with Crippen molar-refractivity contribution in [2.75, 3.05) is 18.5 Å². The van der Waals surface area contributed by atoms with E-state index in [9.17, 15) is 22.4 Å². The molecule has 0 saturated carbocycles. The Kier molecular flexibility index (Phi) is 5.40. The number of benzene rings is 2. The van der Waals surface area contributed by atoms with Gasteiger partial charge in [0, 0.05) is 11.3 Å². The molecule has 0 radical (unpaired) electrons. The van der Waals surface area contributed by atoms with Gasteiger partial charge in [-0.05, 0) is 42.5 Å². The molecule has 0 aromatic heterocycles. The summed E-state index contributed by atoms with van der Waals surface area (Å²) in [7, 11) is 0. The van der Waals surface area contributed by atoms with E-state index in [0.717, 1.165) is 6.07 Å². The van der Waals surface area contributed by atoms with Gasteiger partial charge in [-0.1, -0.05) is 0 Å². The van der Waals surface area contributed by atoms with E-state index >= 15 is 0 Å². The second-order valence-corrected chi connectivity index (χ2v) is 4.74. The largest absolute Gasteiger partial charge is 0.491 e. The van der Waals surface area contributed by atoms with Crippen LogP contribution in [0.4, 0.5) is 23.2 Å². The summed E-state index contributed by atoms with van der Waals surface area (Å²) in [4.78, 5) is 12.0. The number of aliphatic hydroxyl groups excluding tert-OH is 1. The van der Waals surface area contributed by atoms with Gasteiger partial charge in [0.25, 0.3) is 5.91 Å². The van der Waals surface area contributed by atoms with Gasteiger partial charge >= 0.3 is 6.18 Å². The number of nitrogens with one attached hydrogen (secondary N) is 1. The highest BCUT2D eigenvalue weighted by Gasteiger charge is 2.34. The summed E-state index contributed by atoms with van der Waals surface area (Å²) >= 11 is 0. The molecule has 0 unspecified atom stereocenters. The predicted octanol–water partition coefficient (Wildman–Crippen LogP) is 3.47. The van der Waals surface area contributed by atoms with Gasteiger partial charge in [-0.25, -0.2) is 4.39 Å². The number of amides is 1. The Hall–Kier alpha value is -2.61. The highest BCUT2D eigenvalue weighted by atomic mass is 19.4. The summed E-state index contributed by atoms with van der Waals surface area (Å²) in [5.41, 5.74) is -1.48. The molecule has 4 nitrogen and oxygen atoms in total. The fourth-order valence-corrected chi connectivity index (χ4v) is 1.89. The zero-order chi connectivity index (χ0) is 17.7. The van der Waals surface area contributed by atoms with E-state index in [1.54, 1.807) is 0 Å². The van der Waals surface area contributed by atoms with Gasteiger partial charge in [-0.15, -0.1) is 0 Å². The van der Waals surface area contributed by atoms with E-state index in [1.165, 1.54) is 24.3 Å². The van der Waals surface area contributed by atoms with Crippen molar-refractivity contribution in [1.29, 1.82) is 0 Å². The van der Waals surface area contributed by atoms with Crippen molar-refractivity contribution in [3.63, 3.8) is 0 Å². The van der Waals surface area contributed by atoms with Crippen LogP contribution in [0, 0.1) is 5.82 Å². The molecule has 0 saturated heterocycles. The number of halogens is 4. The molecule has 0 atom stereocenters. The third-order valence-electron chi connectivity index (χ3n) is 3.01. The van der Waals surface area contributed by atoms with E-state index in [0.29, 0.717) is 23.6 Å². The smallest absolute Gasteiger partial charge is 0.419 e. The Balaban J connectivity index is 2.12. The monoisotopic (exact) mass is 343 g/mol. The number of hydrogen-bond donors (Lipinski definition) is 2. The second-order valence-electron chi connectivity index (χ2n) is 4.74. The fraction of sp³-hybridized carbons (Fsp3) is 0.188. The molecule has 2 aromatic rings. The SMILES string of the molecule is O=C(Nc1ccc(OCCO)cc1)c1ccc(F)c(C(F)(F)F)c1. The third-order valence-corrected chi connectivity index (χ3v) is 3.01. The third kappa shape index (κ3) is 4.45. The summed E-state index contributed by atoms with van der Waals surface area (Å²) in [5.74, 6) is -1.78. The Morgan fingerprint density at radius 2 is 1.79 bits per heavy atom. The molecule has 0 aliphatic carbocycles. The number of hydrogen-bond acceptors (Lipinski definition) is 3. The summed E-state index contributed by atoms with van der Waals surface area (Å²) in [5, 5.41) is 11.0. The van der Waals surface area contributed by atoms with Gasteiger partial charge in [-0.3, -0.25) is 4.79 Å². The zero-order valence-corrected chi connectivity index (χ0v) is 12.2. The summed E-state index contributed by atoms with van der Waals surface area (Å²) in [6, 6.07) is 8.05. The number of ether oxygens (including phenoxy) is 1. The molecule has 24 heavy (non-hydrogen) atoms. The number of alkyl halides is 3. The minimum atomic E-state index is -4.88. The lowest BCUT2D eigenvalue weighted by Crippen LogP contribution is -2.15. The Morgan fingerprint density at radius 3 is 2.38 bits per heavy atom. The summed E-state index contributed by atoms with van der Waals surface area (Å²) in [6.07, 6.45) is -4.88. The van der Waals surface area contributed by atoms with Crippen LogP contribution in [0.3, 0.4) is 0 Å². The number of aliphatic hydroxyl groups is 1. The standard InChI is InChI=1S/C16H13F4NO3/c17-14-6-1-10(9-13(14)16(18,19)20)15(23)21-11-2-4-12(5-3-11)24-8-7-22/h1-6,9,22H,7-8H2,(H,21,23). The average molecular weight is 343 g/mol. The van der Waals surface area contributed by atoms with Crippen molar-refractivity contribution in [1.82, 2.24) is 0 Å². The molecule has 0 fully saturated rings. The molecular weight excluding hydrogens is 330 g/mol. The lowest BCUT2D eigenvalue weighted by atomic mass is 10.1. The van der Waals surface area contributed by atoms with Crippen LogP contribution < -0.4 is 10.1 Å². The summed E-state index contributed by atoms with van der Waals surface area (Å²) in [6.45, 7) is -0.0356. The number of carbonyl (C=O) groups excluding carboxylic acids is 1. The van der Waals surface area contributed by atoms with E-state index in [-0.39, 0.29) is 18.8 Å². The van der Waals surface area contributed by atoms with Crippen LogP contribution in [0.2, 0.25) is 0 Å². The number of rotatable bonds is 5. The first-order valence-electron chi connectivity index (χ1n) is 6.83. The molecule has 2 rings (SSSR count). The Bertz CT molecular complexity index is 714. The first-order valence-corrected chi connectivity index (χ1v) is 6.83. The van der Waals surface area contributed by atoms with Crippen LogP contribution in [-0.2, 0) is 6.18 Å². The van der Waals surface area contributed by atoms with Crippen molar-refractivity contribution in [2.24, 2.45) is 0 Å². The molecule has 8 heteroatoms. The van der Waals surface area contributed by atoms with E-state index in [2.05, 4.69) is 5.32 Å². The van der Waals surface area contributed by atoms with Gasteiger partial charge in [0.2, 0.25) is 0 Å². The molecule has 0 spiro atoms. The fourth-order valence-electron chi connectivity index (χ4n) is 1.89. The van der Waals surface area contributed by atoms with Crippen molar-refractivity contribution >= 4 is 11.6 Å². The predicted molar refractivity (Wildman–Crippen MR) is 78.4 cm³/mol. The van der Waals surface area contributed by atoms with Crippen LogP contribution >= 0.6 is 0 Å². The molecule has 2 N–H and O–H groups in total. The highest BCUT2D eigenvalue weighted by molar-refractivity contribution is 6.04. The zero-order valence-electron chi connectivity index (χ0n) is 12.2. The Morgan fingerprint density at radius 1 is 1.12 bits per heavy atom. The van der Waals surface area contributed by atoms with Crippen LogP contribution in [0.1, 0.15) is 15.9 Å². The second kappa shape index (κ2) is 7.31. The van der Waals surface area contributed by atoms with Crippen molar-refractivity contribution in [2.45, 2.75) is 6.18 Å². The highest BCUT2D eigenvalue weighted by Crippen LogP contribution is 2.32.